The van der Waals surface area contributed by atoms with Crippen molar-refractivity contribution < 1.29 is 27.7 Å². The van der Waals surface area contributed by atoms with Crippen LogP contribution in [0.1, 0.15) is 12.8 Å². The van der Waals surface area contributed by atoms with E-state index >= 15 is 0 Å². The molecule has 224 valence electrons. The molecule has 42 heavy (non-hydrogen) atoms. The Morgan fingerprint density at radius 2 is 1.71 bits per heavy atom. The molecule has 1 atom stereocenters. The lowest BCUT2D eigenvalue weighted by Crippen LogP contribution is -2.45. The van der Waals surface area contributed by atoms with E-state index in [1.165, 1.54) is 26.4 Å². The third kappa shape index (κ3) is 6.81. The van der Waals surface area contributed by atoms with Gasteiger partial charge in [-0.3, -0.25) is 4.72 Å². The normalized spacial score (nSPS) is 15.0. The first-order chi connectivity index (χ1) is 20.3. The number of aromatic nitrogens is 2. The molecule has 5 N–H and O–H groups in total. The number of nitrogens with one attached hydrogen (secondary N) is 4. The van der Waals surface area contributed by atoms with E-state index in [0.717, 1.165) is 31.6 Å². The smallest absolute Gasteiger partial charge is 0.323 e. The Morgan fingerprint density at radius 3 is 2.43 bits per heavy atom. The van der Waals surface area contributed by atoms with Gasteiger partial charge in [-0.2, -0.15) is 0 Å². The van der Waals surface area contributed by atoms with E-state index in [-0.39, 0.29) is 23.2 Å². The van der Waals surface area contributed by atoms with Crippen LogP contribution in [-0.2, 0) is 10.0 Å². The van der Waals surface area contributed by atoms with Crippen molar-refractivity contribution in [2.75, 3.05) is 50.1 Å². The molecule has 0 amide bonds. The first-order valence-electron chi connectivity index (χ1n) is 13.6. The maximum absolute atomic E-state index is 12.9. The molecule has 12 nitrogen and oxygen atoms in total. The fraction of sp³-hybridized carbons (Fsp3) is 0.345. The third-order valence-electron chi connectivity index (χ3n) is 7.23. The molecule has 0 spiro atoms. The van der Waals surface area contributed by atoms with Crippen molar-refractivity contribution in [3.63, 3.8) is 0 Å². The lowest BCUT2D eigenvalue weighted by Gasteiger charge is -2.34. The Morgan fingerprint density at radius 1 is 0.976 bits per heavy atom. The van der Waals surface area contributed by atoms with E-state index in [4.69, 9.17) is 14.2 Å². The van der Waals surface area contributed by atoms with Crippen molar-refractivity contribution in [3.05, 3.63) is 71.1 Å². The molecular formula is C29H35N5O7S. The van der Waals surface area contributed by atoms with E-state index in [9.17, 15) is 18.3 Å². The van der Waals surface area contributed by atoms with Gasteiger partial charge in [0.1, 0.15) is 24.0 Å². The zero-order valence-corrected chi connectivity index (χ0v) is 24.2. The maximum atomic E-state index is 12.9. The van der Waals surface area contributed by atoms with Crippen molar-refractivity contribution in [2.24, 2.45) is 0 Å². The highest BCUT2D eigenvalue weighted by atomic mass is 32.2. The SMILES string of the molecule is COc1ccc(S(=O)(=O)Nc2ccc(N3CCC(NC[C@H](O)COc4cccc5[nH]c(=O)[nH]c45)CC3)cc2)cc1OC. The second-order valence-electron chi connectivity index (χ2n) is 10.1. The van der Waals surface area contributed by atoms with Crippen molar-refractivity contribution in [3.8, 4) is 17.2 Å². The van der Waals surface area contributed by atoms with Crippen LogP contribution in [0.4, 0.5) is 11.4 Å². The topological polar surface area (TPSA) is 158 Å². The zero-order valence-electron chi connectivity index (χ0n) is 23.4. The molecule has 1 aromatic heterocycles. The van der Waals surface area contributed by atoms with Gasteiger partial charge in [0, 0.05) is 43.1 Å². The van der Waals surface area contributed by atoms with Crippen LogP contribution in [0.15, 0.2) is 70.4 Å². The summed E-state index contributed by atoms with van der Waals surface area (Å²) in [5.74, 6) is 1.30. The molecule has 5 rings (SSSR count). The van der Waals surface area contributed by atoms with Crippen LogP contribution in [0.5, 0.6) is 17.2 Å². The number of H-pyrrole nitrogens is 2. The van der Waals surface area contributed by atoms with Crippen molar-refractivity contribution >= 4 is 32.4 Å². The number of methoxy groups -OCH3 is 2. The van der Waals surface area contributed by atoms with Gasteiger partial charge in [-0.15, -0.1) is 0 Å². The summed E-state index contributed by atoms with van der Waals surface area (Å²) < 4.78 is 44.6. The van der Waals surface area contributed by atoms with Crippen molar-refractivity contribution in [2.45, 2.75) is 29.9 Å². The summed E-state index contributed by atoms with van der Waals surface area (Å²) in [6, 6.07) is 17.3. The Balaban J connectivity index is 1.08. The van der Waals surface area contributed by atoms with E-state index in [1.54, 1.807) is 36.4 Å². The molecule has 0 radical (unpaired) electrons. The summed E-state index contributed by atoms with van der Waals surface area (Å²) in [7, 11) is -0.864. The predicted octanol–water partition coefficient (Wildman–Crippen LogP) is 2.67. The number of imidazole rings is 1. The van der Waals surface area contributed by atoms with Crippen LogP contribution in [0.2, 0.25) is 0 Å². The van der Waals surface area contributed by atoms with Gasteiger partial charge < -0.3 is 39.5 Å². The fourth-order valence-electron chi connectivity index (χ4n) is 4.98. The van der Waals surface area contributed by atoms with E-state index in [2.05, 4.69) is 24.9 Å². The van der Waals surface area contributed by atoms with E-state index in [0.29, 0.717) is 40.5 Å². The molecule has 13 heteroatoms. The number of benzene rings is 3. The molecule has 2 heterocycles. The molecule has 1 saturated heterocycles. The quantitative estimate of drug-likeness (QED) is 0.166. The number of anilines is 2. The standard InChI is InChI=1S/C29H35N5O7S/c1-39-25-11-10-23(16-27(25)40-2)42(37,38)33-20-6-8-21(9-7-20)34-14-12-19(13-15-34)30-17-22(35)18-41-26-5-3-4-24-28(26)32-29(36)31-24/h3-11,16,19,22,30,33,35H,12-15,17-18H2,1-2H3,(H2,31,32,36)/t22-/m0/s1. The van der Waals surface area contributed by atoms with Crippen LogP contribution < -0.4 is 34.8 Å². The predicted molar refractivity (Wildman–Crippen MR) is 160 cm³/mol. The summed E-state index contributed by atoms with van der Waals surface area (Å²) in [5, 5.41) is 13.9. The summed E-state index contributed by atoms with van der Waals surface area (Å²) in [5.41, 5.74) is 2.40. The van der Waals surface area contributed by atoms with Crippen LogP contribution in [0.25, 0.3) is 11.0 Å². The monoisotopic (exact) mass is 597 g/mol. The second kappa shape index (κ2) is 12.8. The number of para-hydroxylation sites is 1. The molecule has 4 aromatic rings. The third-order valence-corrected chi connectivity index (χ3v) is 8.61. The Bertz CT molecular complexity index is 1660. The van der Waals surface area contributed by atoms with Gasteiger partial charge in [-0.25, -0.2) is 13.2 Å². The van der Waals surface area contributed by atoms with Gasteiger partial charge >= 0.3 is 5.69 Å². The van der Waals surface area contributed by atoms with Gasteiger partial charge in [0.15, 0.2) is 11.5 Å². The van der Waals surface area contributed by atoms with Crippen molar-refractivity contribution in [1.29, 1.82) is 0 Å². The molecule has 1 aliphatic heterocycles. The van der Waals surface area contributed by atoms with Gasteiger partial charge in [0.25, 0.3) is 10.0 Å². The number of sulfonamides is 1. The zero-order chi connectivity index (χ0) is 29.7. The lowest BCUT2D eigenvalue weighted by atomic mass is 10.0. The first kappa shape index (κ1) is 29.3. The summed E-state index contributed by atoms with van der Waals surface area (Å²) >= 11 is 0. The second-order valence-corrected chi connectivity index (χ2v) is 11.7. The minimum absolute atomic E-state index is 0.0739. The highest BCUT2D eigenvalue weighted by Gasteiger charge is 2.21. The minimum atomic E-state index is -3.81. The van der Waals surface area contributed by atoms with E-state index in [1.807, 2.05) is 12.1 Å². The number of nitrogens with zero attached hydrogens (tertiary/aromatic N) is 1. The Labute approximate surface area is 243 Å². The number of rotatable bonds is 12. The maximum Gasteiger partial charge on any atom is 0.323 e. The number of aromatic amines is 2. The Kier molecular flexibility index (Phi) is 8.90. The average Bonchev–Trinajstić information content (AvgIpc) is 3.40. The van der Waals surface area contributed by atoms with Crippen molar-refractivity contribution in [1.82, 2.24) is 15.3 Å². The molecule has 0 saturated carbocycles. The average molecular weight is 598 g/mol. The van der Waals surface area contributed by atoms with Crippen LogP contribution >= 0.6 is 0 Å². The highest BCUT2D eigenvalue weighted by Crippen LogP contribution is 2.30. The number of aliphatic hydroxyl groups is 1. The lowest BCUT2D eigenvalue weighted by molar-refractivity contribution is 0.103. The minimum Gasteiger partial charge on any atom is -0.493 e. The number of piperidine rings is 1. The summed E-state index contributed by atoms with van der Waals surface area (Å²) in [4.78, 5) is 19.3. The number of hydrogen-bond acceptors (Lipinski definition) is 9. The number of hydrogen-bond donors (Lipinski definition) is 5. The fourth-order valence-corrected chi connectivity index (χ4v) is 6.05. The summed E-state index contributed by atoms with van der Waals surface area (Å²) in [6.07, 6.45) is 1.08. The van der Waals surface area contributed by atoms with Crippen LogP contribution in [-0.4, -0.2) is 76.1 Å². The van der Waals surface area contributed by atoms with Crippen LogP contribution in [0, 0.1) is 0 Å². The summed E-state index contributed by atoms with van der Waals surface area (Å²) in [6.45, 7) is 2.13. The van der Waals surface area contributed by atoms with Gasteiger partial charge in [0.2, 0.25) is 0 Å². The van der Waals surface area contributed by atoms with Gasteiger partial charge in [0.05, 0.1) is 24.6 Å². The number of fused-ring (bicyclic) bond motifs is 1. The van der Waals surface area contributed by atoms with E-state index < -0.39 is 16.1 Å². The molecule has 1 fully saturated rings. The molecule has 3 aromatic carbocycles. The number of aliphatic hydroxyl groups excluding tert-OH is 1. The molecule has 0 bridgehead atoms. The molecule has 0 aliphatic carbocycles. The van der Waals surface area contributed by atoms with Gasteiger partial charge in [-0.05, 0) is 61.4 Å². The Hall–Kier alpha value is -4.20. The largest absolute Gasteiger partial charge is 0.493 e. The van der Waals surface area contributed by atoms with Gasteiger partial charge in [-0.1, -0.05) is 6.07 Å². The highest BCUT2D eigenvalue weighted by molar-refractivity contribution is 7.92. The first-order valence-corrected chi connectivity index (χ1v) is 15.1. The molecule has 1 aliphatic rings. The molecule has 0 unspecified atom stereocenters. The molecular weight excluding hydrogens is 562 g/mol. The number of ether oxygens (including phenoxy) is 3. The van der Waals surface area contributed by atoms with Crippen LogP contribution in [0.3, 0.4) is 0 Å².